The van der Waals surface area contributed by atoms with Crippen molar-refractivity contribution in [2.75, 3.05) is 7.11 Å². The molecule has 1 heterocycles. The maximum Gasteiger partial charge on any atom is 0.0882 e. The van der Waals surface area contributed by atoms with Gasteiger partial charge in [-0.3, -0.25) is 0 Å². The van der Waals surface area contributed by atoms with E-state index in [9.17, 15) is 5.11 Å². The van der Waals surface area contributed by atoms with E-state index in [-0.39, 0.29) is 6.10 Å². The third-order valence-electron chi connectivity index (χ3n) is 5.29. The van der Waals surface area contributed by atoms with E-state index in [4.69, 9.17) is 9.47 Å². The molecule has 3 heteroatoms. The molecule has 2 fully saturated rings. The smallest absolute Gasteiger partial charge is 0.0882 e. The van der Waals surface area contributed by atoms with E-state index in [2.05, 4.69) is 20.4 Å². The standard InChI is InChI=1S/C18H32O3/c1-5-6-7-15(19)12(2)11-17-18(21-17)14-8-9-16(20-4)13(3)10-14/h13-19H,2,5-11H2,1,3-4H3/t13?,14?,15?,16-,17?,18?/m1/s1. The molecule has 1 aliphatic heterocycles. The van der Waals surface area contributed by atoms with Crippen LogP contribution in [0.4, 0.5) is 0 Å². The van der Waals surface area contributed by atoms with Crippen molar-refractivity contribution in [3.8, 4) is 0 Å². The van der Waals surface area contributed by atoms with Gasteiger partial charge < -0.3 is 14.6 Å². The molecule has 3 nitrogen and oxygen atoms in total. The van der Waals surface area contributed by atoms with Crippen LogP contribution in [0, 0.1) is 11.8 Å². The van der Waals surface area contributed by atoms with E-state index < -0.39 is 0 Å². The first kappa shape index (κ1) is 17.0. The lowest BCUT2D eigenvalue weighted by Gasteiger charge is -2.32. The van der Waals surface area contributed by atoms with Crippen LogP contribution in [0.3, 0.4) is 0 Å². The van der Waals surface area contributed by atoms with Crippen LogP contribution < -0.4 is 0 Å². The number of unbranched alkanes of at least 4 members (excludes halogenated alkanes) is 1. The van der Waals surface area contributed by atoms with Gasteiger partial charge in [0.2, 0.25) is 0 Å². The molecule has 2 rings (SSSR count). The van der Waals surface area contributed by atoms with Crippen molar-refractivity contribution < 1.29 is 14.6 Å². The number of hydrogen-bond donors (Lipinski definition) is 1. The number of aliphatic hydroxyl groups excluding tert-OH is 1. The monoisotopic (exact) mass is 296 g/mol. The molecule has 0 aromatic heterocycles. The lowest BCUT2D eigenvalue weighted by Crippen LogP contribution is -2.31. The highest BCUT2D eigenvalue weighted by Gasteiger charge is 2.47. The Morgan fingerprint density at radius 1 is 1.43 bits per heavy atom. The predicted octanol–water partition coefficient (Wildman–Crippen LogP) is 3.70. The third kappa shape index (κ3) is 4.54. The van der Waals surface area contributed by atoms with Crippen LogP contribution in [0.1, 0.15) is 58.8 Å². The Morgan fingerprint density at radius 3 is 2.81 bits per heavy atom. The van der Waals surface area contributed by atoms with Crippen molar-refractivity contribution in [1.29, 1.82) is 0 Å². The van der Waals surface area contributed by atoms with Crippen LogP contribution in [0.5, 0.6) is 0 Å². The number of ether oxygens (including phenoxy) is 2. The van der Waals surface area contributed by atoms with E-state index in [1.165, 1.54) is 12.8 Å². The number of rotatable bonds is 8. The second kappa shape index (κ2) is 7.75. The van der Waals surface area contributed by atoms with E-state index in [1.807, 2.05) is 7.11 Å². The Labute approximate surface area is 129 Å². The van der Waals surface area contributed by atoms with Crippen LogP contribution in [0.25, 0.3) is 0 Å². The van der Waals surface area contributed by atoms with E-state index in [0.29, 0.717) is 30.1 Å². The van der Waals surface area contributed by atoms with Crippen molar-refractivity contribution in [1.82, 2.24) is 0 Å². The largest absolute Gasteiger partial charge is 0.389 e. The maximum absolute atomic E-state index is 10.1. The van der Waals surface area contributed by atoms with E-state index in [0.717, 1.165) is 37.7 Å². The highest BCUT2D eigenvalue weighted by molar-refractivity contribution is 5.08. The van der Waals surface area contributed by atoms with Gasteiger partial charge in [-0.1, -0.05) is 33.3 Å². The fourth-order valence-corrected chi connectivity index (χ4v) is 3.79. The number of epoxide rings is 1. The lowest BCUT2D eigenvalue weighted by atomic mass is 9.78. The molecule has 1 saturated heterocycles. The Morgan fingerprint density at radius 2 is 2.19 bits per heavy atom. The summed E-state index contributed by atoms with van der Waals surface area (Å²) in [6.07, 6.45) is 8.15. The first-order valence-corrected chi connectivity index (χ1v) is 8.60. The molecule has 0 amide bonds. The molecule has 1 aliphatic carbocycles. The SMILES string of the molecule is C=C(CC1OC1C1CC[C@@H](OC)C(C)C1)C(O)CCCC. The second-order valence-electron chi connectivity index (χ2n) is 6.98. The van der Waals surface area contributed by atoms with Crippen LogP contribution in [-0.4, -0.2) is 36.6 Å². The van der Waals surface area contributed by atoms with Crippen molar-refractivity contribution >= 4 is 0 Å². The summed E-state index contributed by atoms with van der Waals surface area (Å²) in [5, 5.41) is 10.1. The summed E-state index contributed by atoms with van der Waals surface area (Å²) in [6, 6.07) is 0. The molecule has 5 unspecified atom stereocenters. The number of methoxy groups -OCH3 is 1. The van der Waals surface area contributed by atoms with Crippen LogP contribution in [0.15, 0.2) is 12.2 Å². The first-order chi connectivity index (χ1) is 10.1. The van der Waals surface area contributed by atoms with Crippen molar-refractivity contribution in [2.45, 2.75) is 83.2 Å². The van der Waals surface area contributed by atoms with Gasteiger partial charge in [0.15, 0.2) is 0 Å². The van der Waals surface area contributed by atoms with Gasteiger partial charge in [0, 0.05) is 7.11 Å². The molecule has 122 valence electrons. The molecule has 0 aromatic carbocycles. The van der Waals surface area contributed by atoms with Gasteiger partial charge in [0.05, 0.1) is 24.4 Å². The fraction of sp³-hybridized carbons (Fsp3) is 0.889. The van der Waals surface area contributed by atoms with Crippen LogP contribution in [0.2, 0.25) is 0 Å². The molecule has 1 N–H and O–H groups in total. The molecular weight excluding hydrogens is 264 g/mol. The summed E-state index contributed by atoms with van der Waals surface area (Å²) in [4.78, 5) is 0. The summed E-state index contributed by atoms with van der Waals surface area (Å²) in [5.41, 5.74) is 0.953. The minimum atomic E-state index is -0.349. The van der Waals surface area contributed by atoms with E-state index in [1.54, 1.807) is 0 Å². The first-order valence-electron chi connectivity index (χ1n) is 8.60. The Bertz CT molecular complexity index is 341. The Hall–Kier alpha value is -0.380. The predicted molar refractivity (Wildman–Crippen MR) is 85.3 cm³/mol. The molecule has 2 aliphatic rings. The molecule has 21 heavy (non-hydrogen) atoms. The zero-order valence-electron chi connectivity index (χ0n) is 13.9. The highest BCUT2D eigenvalue weighted by atomic mass is 16.6. The van der Waals surface area contributed by atoms with Crippen molar-refractivity contribution in [3.05, 3.63) is 12.2 Å². The maximum atomic E-state index is 10.1. The minimum absolute atomic E-state index is 0.296. The lowest BCUT2D eigenvalue weighted by molar-refractivity contribution is 0.0111. The van der Waals surface area contributed by atoms with Crippen molar-refractivity contribution in [2.24, 2.45) is 11.8 Å². The zero-order valence-corrected chi connectivity index (χ0v) is 13.9. The second-order valence-corrected chi connectivity index (χ2v) is 6.98. The van der Waals surface area contributed by atoms with Gasteiger partial charge in [0.1, 0.15) is 0 Å². The summed E-state index contributed by atoms with van der Waals surface area (Å²) >= 11 is 0. The summed E-state index contributed by atoms with van der Waals surface area (Å²) in [7, 11) is 1.82. The van der Waals surface area contributed by atoms with Crippen LogP contribution in [-0.2, 0) is 9.47 Å². The summed E-state index contributed by atoms with van der Waals surface area (Å²) in [5.74, 6) is 1.29. The molecule has 1 saturated carbocycles. The van der Waals surface area contributed by atoms with Crippen molar-refractivity contribution in [3.63, 3.8) is 0 Å². The minimum Gasteiger partial charge on any atom is -0.389 e. The number of aliphatic hydroxyl groups is 1. The van der Waals surface area contributed by atoms with Gasteiger partial charge >= 0.3 is 0 Å². The molecule has 0 radical (unpaired) electrons. The number of hydrogen-bond acceptors (Lipinski definition) is 3. The quantitative estimate of drug-likeness (QED) is 0.548. The van der Waals surface area contributed by atoms with E-state index >= 15 is 0 Å². The van der Waals surface area contributed by atoms with Gasteiger partial charge in [-0.05, 0) is 49.5 Å². The van der Waals surface area contributed by atoms with Gasteiger partial charge in [-0.15, -0.1) is 0 Å². The van der Waals surface area contributed by atoms with Crippen LogP contribution >= 0.6 is 0 Å². The van der Waals surface area contributed by atoms with Gasteiger partial charge in [0.25, 0.3) is 0 Å². The fourth-order valence-electron chi connectivity index (χ4n) is 3.79. The highest BCUT2D eigenvalue weighted by Crippen LogP contribution is 2.43. The average Bonchev–Trinajstić information content (AvgIpc) is 3.23. The average molecular weight is 296 g/mol. The zero-order chi connectivity index (χ0) is 15.4. The molecule has 0 aromatic rings. The summed E-state index contributed by atoms with van der Waals surface area (Å²) < 4.78 is 11.4. The Balaban J connectivity index is 1.71. The normalized spacial score (nSPS) is 37.2. The topological polar surface area (TPSA) is 42.0 Å². The molecule has 0 spiro atoms. The Kier molecular flexibility index (Phi) is 6.27. The summed E-state index contributed by atoms with van der Waals surface area (Å²) in [6.45, 7) is 8.49. The molecule has 0 bridgehead atoms. The van der Waals surface area contributed by atoms with Gasteiger partial charge in [-0.2, -0.15) is 0 Å². The van der Waals surface area contributed by atoms with Gasteiger partial charge in [-0.25, -0.2) is 0 Å². The molecular formula is C18H32O3. The third-order valence-corrected chi connectivity index (χ3v) is 5.29. The molecule has 6 atom stereocenters.